The lowest BCUT2D eigenvalue weighted by molar-refractivity contribution is -0.0196. The highest BCUT2D eigenvalue weighted by Gasteiger charge is 2.52. The van der Waals surface area contributed by atoms with E-state index in [4.69, 9.17) is 37.0 Å². The average Bonchev–Trinajstić information content (AvgIpc) is 1.30. The summed E-state index contributed by atoms with van der Waals surface area (Å²) in [7, 11) is 8.44. The summed E-state index contributed by atoms with van der Waals surface area (Å²) in [4.78, 5) is 112. The minimum Gasteiger partial charge on any atom is -0.474 e. The summed E-state index contributed by atoms with van der Waals surface area (Å²) >= 11 is 0. The maximum atomic E-state index is 13.6. The number of hydrogen-bond acceptors (Lipinski definition) is 20. The molecule has 24 rings (SSSR count). The quantitative estimate of drug-likeness (QED) is 0.128. The molecule has 32 heteroatoms. The van der Waals surface area contributed by atoms with Crippen molar-refractivity contribution >= 4 is 85.8 Å². The molecule has 12 aliphatic rings. The number of morpholine rings is 4. The van der Waals surface area contributed by atoms with Crippen molar-refractivity contribution in [2.24, 2.45) is 0 Å². The van der Waals surface area contributed by atoms with Crippen LogP contribution in [0.3, 0.4) is 0 Å². The lowest BCUT2D eigenvalue weighted by atomic mass is 9.92. The molecule has 0 spiro atoms. The number of aromatic nitrogens is 4. The molecular weight excluding hydrogens is 1860 g/mol. The number of amides is 4. The molecule has 8 aliphatic heterocycles. The van der Waals surface area contributed by atoms with Crippen LogP contribution in [0.4, 0.5) is 0 Å². The minimum atomic E-state index is -0.345. The van der Waals surface area contributed by atoms with Crippen molar-refractivity contribution < 1.29 is 61.9 Å². The van der Waals surface area contributed by atoms with E-state index in [0.717, 1.165) is 70.2 Å². The second kappa shape index (κ2) is 45.2. The molecule has 4 aliphatic carbocycles. The van der Waals surface area contributed by atoms with Crippen molar-refractivity contribution in [3.05, 3.63) is 396 Å². The maximum Gasteiger partial charge on any atom is 0.278 e. The molecule has 740 valence electrons. The van der Waals surface area contributed by atoms with E-state index < -0.39 is 0 Å². The van der Waals surface area contributed by atoms with Crippen LogP contribution in [-0.4, -0.2) is 166 Å². The molecule has 4 saturated heterocycles. The second-order valence-electron chi connectivity index (χ2n) is 33.6. The van der Waals surface area contributed by atoms with E-state index in [1.165, 1.54) is 68.8 Å². The third-order valence-electron chi connectivity index (χ3n) is 26.9. The Morgan fingerprint density at radius 1 is 0.262 bits per heavy atom. The number of pyridine rings is 4. The smallest absolute Gasteiger partial charge is 0.278 e. The van der Waals surface area contributed by atoms with E-state index in [1.54, 1.807) is 43.9 Å². The zero-order chi connectivity index (χ0) is 98.1. The van der Waals surface area contributed by atoms with Gasteiger partial charge in [-0.15, -0.1) is 0 Å². The van der Waals surface area contributed by atoms with Crippen LogP contribution in [0.15, 0.2) is 262 Å². The Bertz CT molecular complexity index is 6170. The van der Waals surface area contributed by atoms with Crippen LogP contribution in [0.2, 0.25) is 0 Å². The van der Waals surface area contributed by atoms with Crippen LogP contribution in [0.5, 0.6) is 23.0 Å². The first-order valence-corrected chi connectivity index (χ1v) is 49.9. The predicted octanol–water partition coefficient (Wildman–Crippen LogP) is 17.1. The predicted molar refractivity (Wildman–Crippen MR) is 572 cm³/mol. The van der Waals surface area contributed by atoms with Crippen LogP contribution in [-0.2, 0) is 44.6 Å². The van der Waals surface area contributed by atoms with E-state index in [0.29, 0.717) is 79.0 Å². The number of ether oxygens (including phenoxy) is 4. The number of carbonyl (C=O) groups is 4. The molecule has 0 radical (unpaired) electrons. The first-order valence-electron chi connectivity index (χ1n) is 48.0. The van der Waals surface area contributed by atoms with Crippen LogP contribution in [0, 0.1) is 0 Å². The fourth-order valence-corrected chi connectivity index (χ4v) is 21.9. The van der Waals surface area contributed by atoms with Crippen molar-refractivity contribution in [2.45, 2.75) is 137 Å². The van der Waals surface area contributed by atoms with Crippen LogP contribution < -0.4 is 59.8 Å². The molecule has 0 saturated carbocycles. The molecule has 12 aromatic rings. The molecule has 0 bridgehead atoms. The topological polar surface area (TPSA) is 256 Å². The summed E-state index contributed by atoms with van der Waals surface area (Å²) in [5, 5.41) is 8.66. The summed E-state index contributed by atoms with van der Waals surface area (Å²) in [6.45, 7) is 21.1. The highest BCUT2D eigenvalue weighted by atomic mass is 31.0. The highest BCUT2D eigenvalue weighted by Crippen LogP contribution is 2.48. The van der Waals surface area contributed by atoms with Gasteiger partial charge in [0.2, 0.25) is 44.7 Å². The van der Waals surface area contributed by atoms with Crippen LogP contribution in [0.1, 0.15) is 224 Å². The Balaban J connectivity index is 0.000000166. The largest absolute Gasteiger partial charge is 0.474 e. The lowest BCUT2D eigenvalue weighted by Crippen LogP contribution is -2.66. The van der Waals surface area contributed by atoms with Gasteiger partial charge in [-0.3, -0.25) is 77.1 Å². The summed E-state index contributed by atoms with van der Waals surface area (Å²) in [6.07, 6.45) is 17.7. The fraction of sp³-hybridized carbons (Fsp3) is 0.303. The Kier molecular flexibility index (Phi) is 32.3. The Morgan fingerprint density at radius 3 is 0.652 bits per heavy atom. The molecule has 28 nitrogen and oxygen atoms in total. The molecular formula is C109H128N12O16P4. The zero-order valence-electron chi connectivity index (χ0n) is 79.5. The first kappa shape index (κ1) is 101. The number of fused-ring (bicyclic) bond motifs is 16. The van der Waals surface area contributed by atoms with Gasteiger partial charge in [0.15, 0.2) is 22.8 Å². The molecule has 6 unspecified atom stereocenters. The molecule has 4 aromatic heterocycles. The van der Waals surface area contributed by atoms with Crippen molar-refractivity contribution in [2.75, 3.05) is 99.1 Å². The number of carbonyl (C=O) groups excluding carboxylic acids is 4. The van der Waals surface area contributed by atoms with Gasteiger partial charge >= 0.3 is 0 Å². The monoisotopic (exact) mass is 1990 g/mol. The van der Waals surface area contributed by atoms with Gasteiger partial charge in [-0.1, -0.05) is 281 Å². The molecule has 12 heterocycles. The van der Waals surface area contributed by atoms with Crippen molar-refractivity contribution in [3.8, 4) is 23.0 Å². The van der Waals surface area contributed by atoms with Gasteiger partial charge in [0.05, 0.1) is 115 Å². The van der Waals surface area contributed by atoms with Gasteiger partial charge in [0, 0.05) is 80.9 Å². The van der Waals surface area contributed by atoms with Crippen LogP contribution >= 0.6 is 37.9 Å². The molecule has 8 atom stereocenters. The number of aryl methyl sites for hydroxylation is 4. The SMILES string of the molecule is C.CC.CC.CC.CC.O=C1c2c(OP)c(=O)ccn2N(C2c3ccccc3C=Cc3ccccc32)C2COCCN12.O=C1c2c(OP)c(=O)ccn2N(C2c3ccccc3C=Cc3ccccc32)[C@@H]2COCCN12.O=C1c2c(OP)c(=O)ccn2N(C2c3ccccc3CCc3ccccc32)C2COCCN12.O=C1c2c(OP)c(=O)ccn2N(C2c3ccccc3CCc3ccccc32)[C@@H]2COCCN12.[2HH].[2HH].[2HH].[2HH]. The second-order valence-corrected chi connectivity index (χ2v) is 34.5. The lowest BCUT2D eigenvalue weighted by Gasteiger charge is -2.51. The molecule has 8 aromatic carbocycles. The maximum absolute atomic E-state index is 13.6. The van der Waals surface area contributed by atoms with Crippen molar-refractivity contribution in [1.29, 1.82) is 0 Å². The zero-order valence-corrected chi connectivity index (χ0v) is 84.2. The minimum absolute atomic E-state index is 0. The van der Waals surface area contributed by atoms with Gasteiger partial charge < -0.3 is 56.6 Å². The van der Waals surface area contributed by atoms with Crippen molar-refractivity contribution in [1.82, 2.24) is 38.3 Å². The van der Waals surface area contributed by atoms with E-state index in [9.17, 15) is 38.4 Å². The number of hydrogen-bond donors (Lipinski definition) is 0. The normalized spacial score (nSPS) is 18.5. The van der Waals surface area contributed by atoms with Gasteiger partial charge in [0.25, 0.3) is 23.6 Å². The molecule has 4 fully saturated rings. The summed E-state index contributed by atoms with van der Waals surface area (Å²) < 4.78 is 52.1. The van der Waals surface area contributed by atoms with Gasteiger partial charge in [-0.05, 0) is 115 Å². The van der Waals surface area contributed by atoms with Gasteiger partial charge in [-0.25, -0.2) is 0 Å². The van der Waals surface area contributed by atoms with E-state index in [2.05, 4.69) is 228 Å². The van der Waals surface area contributed by atoms with Crippen LogP contribution in [0.25, 0.3) is 24.3 Å². The van der Waals surface area contributed by atoms with Gasteiger partial charge in [0.1, 0.15) is 24.7 Å². The number of nitrogens with zero attached hydrogens (tertiary/aromatic N) is 12. The van der Waals surface area contributed by atoms with E-state index >= 15 is 0 Å². The fourth-order valence-electron chi connectivity index (χ4n) is 21.0. The molecule has 141 heavy (non-hydrogen) atoms. The third-order valence-corrected chi connectivity index (χ3v) is 27.9. The number of rotatable bonds is 8. The van der Waals surface area contributed by atoms with E-state index in [-0.39, 0.29) is 153 Å². The Hall–Kier alpha value is -13.1. The van der Waals surface area contributed by atoms with E-state index in [1.807, 2.05) is 123 Å². The standard InChI is InChI=1S/2C25H24N3O4P.2C25H22N3O4P.4C2H6.CH4.4H2/c4*29-20-11-12-27-23(24(20)32-33)25(30)26-13-14-31-15-21(26)28(27)22-18-7-3-1-5-16(18)9-10-17-6-2-4-8-19(17)22;4*1-2;;;;;/h2*1-8,11-12,21-22H,9-10,13-15,33H2;2*1-12,21-22H,13-15,33H2;4*1-2H3;1H4;4*1H/t21-;;21-;;;;;;;;;;/m1.1........../s1/i;;;;;;;;;4*1+1. The van der Waals surface area contributed by atoms with Gasteiger partial charge in [-0.2, -0.15) is 0 Å². The first-order chi connectivity index (χ1) is 68.7. The molecule has 4 amide bonds. The molecule has 0 N–H and O–H groups in total. The average molecular weight is 1990 g/mol. The third kappa shape index (κ3) is 18.5. The Morgan fingerprint density at radius 2 is 0.447 bits per heavy atom. The highest BCUT2D eigenvalue weighted by molar-refractivity contribution is 7.11. The summed E-state index contributed by atoms with van der Waals surface area (Å²) in [5.41, 5.74) is 18.4. The van der Waals surface area contributed by atoms with Crippen molar-refractivity contribution in [3.63, 3.8) is 0 Å². The summed E-state index contributed by atoms with van der Waals surface area (Å²) in [5.74, 6) is -0.775. The summed E-state index contributed by atoms with van der Waals surface area (Å²) in [6, 6.07) is 72.0. The Labute approximate surface area is 836 Å². The number of benzene rings is 8.